The van der Waals surface area contributed by atoms with Gasteiger partial charge in [-0.1, -0.05) is 12.1 Å². The third-order valence-corrected chi connectivity index (χ3v) is 5.66. The number of carbonyl (C=O) groups is 2. The minimum Gasteiger partial charge on any atom is -0.484 e. The molecule has 0 N–H and O–H groups in total. The summed E-state index contributed by atoms with van der Waals surface area (Å²) in [6, 6.07) is 7.68. The van der Waals surface area contributed by atoms with Crippen molar-refractivity contribution in [3.8, 4) is 5.75 Å². The van der Waals surface area contributed by atoms with Crippen LogP contribution in [0.2, 0.25) is 0 Å². The molecule has 2 aliphatic heterocycles. The molecule has 1 atom stereocenters. The first-order valence-corrected chi connectivity index (χ1v) is 9.80. The maximum absolute atomic E-state index is 13.0. The van der Waals surface area contributed by atoms with E-state index in [4.69, 9.17) is 9.47 Å². The van der Waals surface area contributed by atoms with E-state index < -0.39 is 5.41 Å². The molecule has 6 heteroatoms. The highest BCUT2D eigenvalue weighted by molar-refractivity contribution is 5.86. The second-order valence-corrected chi connectivity index (χ2v) is 7.69. The number of rotatable bonds is 7. The molecule has 0 aromatic heterocycles. The number of hydrogen-bond acceptors (Lipinski definition) is 4. The van der Waals surface area contributed by atoms with Crippen LogP contribution < -0.4 is 4.74 Å². The lowest BCUT2D eigenvalue weighted by Gasteiger charge is -2.39. The topological polar surface area (TPSA) is 59.1 Å². The summed E-state index contributed by atoms with van der Waals surface area (Å²) in [7, 11) is 1.68. The molecule has 1 aromatic carbocycles. The zero-order valence-electron chi connectivity index (χ0n) is 16.4. The van der Waals surface area contributed by atoms with Gasteiger partial charge in [0.2, 0.25) is 5.91 Å². The summed E-state index contributed by atoms with van der Waals surface area (Å²) in [6.07, 6.45) is 3.48. The van der Waals surface area contributed by atoms with Gasteiger partial charge in [-0.05, 0) is 50.3 Å². The molecule has 2 heterocycles. The standard InChI is InChI=1S/C21H30N2O4/c1-17-6-3-7-18(14-17)27-15-19(24)23-12-9-21(16-23)8-4-10-22(20(21)25)11-5-13-26-2/h3,6-7,14H,4-5,8-13,15-16H2,1-2H3. The van der Waals surface area contributed by atoms with Crippen molar-refractivity contribution in [1.29, 1.82) is 0 Å². The quantitative estimate of drug-likeness (QED) is 0.687. The summed E-state index contributed by atoms with van der Waals surface area (Å²) in [6.45, 7) is 5.37. The van der Waals surface area contributed by atoms with Crippen molar-refractivity contribution in [3.63, 3.8) is 0 Å². The van der Waals surface area contributed by atoms with Gasteiger partial charge in [0.25, 0.3) is 5.91 Å². The van der Waals surface area contributed by atoms with Crippen LogP contribution in [0.4, 0.5) is 0 Å². The number of benzene rings is 1. The van der Waals surface area contributed by atoms with Gasteiger partial charge in [0, 0.05) is 39.9 Å². The first-order valence-electron chi connectivity index (χ1n) is 9.80. The number of carbonyl (C=O) groups excluding carboxylic acids is 2. The summed E-state index contributed by atoms with van der Waals surface area (Å²) < 4.78 is 10.7. The predicted molar refractivity (Wildman–Crippen MR) is 103 cm³/mol. The maximum Gasteiger partial charge on any atom is 0.260 e. The maximum atomic E-state index is 13.0. The largest absolute Gasteiger partial charge is 0.484 e. The summed E-state index contributed by atoms with van der Waals surface area (Å²) in [5.41, 5.74) is 0.700. The van der Waals surface area contributed by atoms with E-state index in [1.54, 1.807) is 12.0 Å². The zero-order chi connectivity index (χ0) is 19.3. The van der Waals surface area contributed by atoms with E-state index >= 15 is 0 Å². The van der Waals surface area contributed by atoms with Crippen LogP contribution in [0.5, 0.6) is 5.75 Å². The molecule has 3 rings (SSSR count). The smallest absolute Gasteiger partial charge is 0.260 e. The molecule has 6 nitrogen and oxygen atoms in total. The van der Waals surface area contributed by atoms with E-state index in [1.807, 2.05) is 36.1 Å². The Hall–Kier alpha value is -2.08. The van der Waals surface area contributed by atoms with Gasteiger partial charge in [-0.15, -0.1) is 0 Å². The Kier molecular flexibility index (Phi) is 6.37. The van der Waals surface area contributed by atoms with Gasteiger partial charge < -0.3 is 19.3 Å². The fraction of sp³-hybridized carbons (Fsp3) is 0.619. The van der Waals surface area contributed by atoms with Crippen molar-refractivity contribution in [2.24, 2.45) is 5.41 Å². The first kappa shape index (κ1) is 19.7. The van der Waals surface area contributed by atoms with Crippen molar-refractivity contribution < 1.29 is 19.1 Å². The number of piperidine rings is 1. The summed E-state index contributed by atoms with van der Waals surface area (Å²) in [5, 5.41) is 0. The molecule has 2 aliphatic rings. The molecular weight excluding hydrogens is 344 g/mol. The molecule has 0 bridgehead atoms. The minimum atomic E-state index is -0.398. The van der Waals surface area contributed by atoms with Gasteiger partial charge in [-0.25, -0.2) is 0 Å². The molecule has 1 spiro atoms. The van der Waals surface area contributed by atoms with Crippen LogP contribution in [0.3, 0.4) is 0 Å². The first-order chi connectivity index (χ1) is 13.0. The SMILES string of the molecule is COCCCN1CCCC2(CCN(C(=O)COc3cccc(C)c3)C2)C1=O. The van der Waals surface area contributed by atoms with Crippen molar-refractivity contribution in [3.05, 3.63) is 29.8 Å². The van der Waals surface area contributed by atoms with Crippen molar-refractivity contribution in [1.82, 2.24) is 9.80 Å². The van der Waals surface area contributed by atoms with Gasteiger partial charge in [-0.2, -0.15) is 0 Å². The average Bonchev–Trinajstić information content (AvgIpc) is 3.09. The van der Waals surface area contributed by atoms with Crippen LogP contribution in [-0.4, -0.2) is 68.1 Å². The molecule has 27 heavy (non-hydrogen) atoms. The van der Waals surface area contributed by atoms with Gasteiger partial charge in [0.05, 0.1) is 5.41 Å². The summed E-state index contributed by atoms with van der Waals surface area (Å²) in [4.78, 5) is 29.4. The molecule has 1 aromatic rings. The second kappa shape index (κ2) is 8.74. The van der Waals surface area contributed by atoms with Crippen LogP contribution in [-0.2, 0) is 14.3 Å². The molecule has 2 saturated heterocycles. The molecule has 0 saturated carbocycles. The number of methoxy groups -OCH3 is 1. The molecule has 2 fully saturated rings. The molecule has 0 aliphatic carbocycles. The van der Waals surface area contributed by atoms with Crippen LogP contribution in [0.1, 0.15) is 31.2 Å². The number of nitrogens with zero attached hydrogens (tertiary/aromatic N) is 2. The lowest BCUT2D eigenvalue weighted by atomic mass is 9.78. The van der Waals surface area contributed by atoms with Crippen LogP contribution >= 0.6 is 0 Å². The number of likely N-dealkylation sites (tertiary alicyclic amines) is 2. The number of hydrogen-bond donors (Lipinski definition) is 0. The van der Waals surface area contributed by atoms with E-state index in [0.29, 0.717) is 25.4 Å². The summed E-state index contributed by atoms with van der Waals surface area (Å²) >= 11 is 0. The molecule has 0 radical (unpaired) electrons. The second-order valence-electron chi connectivity index (χ2n) is 7.69. The van der Waals surface area contributed by atoms with Crippen LogP contribution in [0.15, 0.2) is 24.3 Å². The van der Waals surface area contributed by atoms with E-state index in [2.05, 4.69) is 0 Å². The van der Waals surface area contributed by atoms with Gasteiger partial charge >= 0.3 is 0 Å². The molecule has 1 unspecified atom stereocenters. The third kappa shape index (κ3) is 4.61. The lowest BCUT2D eigenvalue weighted by Crippen LogP contribution is -2.50. The summed E-state index contributed by atoms with van der Waals surface area (Å²) in [5.74, 6) is 0.868. The Balaban J connectivity index is 1.54. The number of aryl methyl sites for hydroxylation is 1. The fourth-order valence-electron chi connectivity index (χ4n) is 4.17. The highest BCUT2D eigenvalue weighted by atomic mass is 16.5. The molecule has 148 valence electrons. The van der Waals surface area contributed by atoms with Gasteiger partial charge in [0.15, 0.2) is 6.61 Å². The zero-order valence-corrected chi connectivity index (χ0v) is 16.4. The number of amides is 2. The predicted octanol–water partition coefficient (Wildman–Crippen LogP) is 2.25. The molecule has 2 amide bonds. The molecular formula is C21H30N2O4. The highest BCUT2D eigenvalue weighted by Crippen LogP contribution is 2.40. The van der Waals surface area contributed by atoms with E-state index in [0.717, 1.165) is 44.3 Å². The fourth-order valence-corrected chi connectivity index (χ4v) is 4.17. The Bertz CT molecular complexity index is 678. The van der Waals surface area contributed by atoms with Crippen LogP contribution in [0.25, 0.3) is 0 Å². The van der Waals surface area contributed by atoms with Crippen molar-refractivity contribution >= 4 is 11.8 Å². The Morgan fingerprint density at radius 1 is 1.26 bits per heavy atom. The Morgan fingerprint density at radius 2 is 2.11 bits per heavy atom. The number of ether oxygens (including phenoxy) is 2. The lowest BCUT2D eigenvalue weighted by molar-refractivity contribution is -0.146. The van der Waals surface area contributed by atoms with E-state index in [1.165, 1.54) is 0 Å². The monoisotopic (exact) mass is 374 g/mol. The normalized spacial score (nSPS) is 22.5. The van der Waals surface area contributed by atoms with Crippen molar-refractivity contribution in [2.75, 3.05) is 46.5 Å². The van der Waals surface area contributed by atoms with Gasteiger partial charge in [-0.3, -0.25) is 9.59 Å². The van der Waals surface area contributed by atoms with Gasteiger partial charge in [0.1, 0.15) is 5.75 Å². The van der Waals surface area contributed by atoms with Crippen molar-refractivity contribution in [2.45, 2.75) is 32.6 Å². The third-order valence-electron chi connectivity index (χ3n) is 5.66. The van der Waals surface area contributed by atoms with E-state index in [-0.39, 0.29) is 18.4 Å². The Morgan fingerprint density at radius 3 is 2.89 bits per heavy atom. The highest BCUT2D eigenvalue weighted by Gasteiger charge is 2.49. The van der Waals surface area contributed by atoms with E-state index in [9.17, 15) is 9.59 Å². The minimum absolute atomic E-state index is 0.0191. The average molecular weight is 374 g/mol. The van der Waals surface area contributed by atoms with Crippen LogP contribution in [0, 0.1) is 12.3 Å². The Labute approximate surface area is 161 Å².